The van der Waals surface area contributed by atoms with Crippen LogP contribution in [0.4, 0.5) is 10.1 Å². The van der Waals surface area contributed by atoms with Crippen LogP contribution in [-0.2, 0) is 11.8 Å². The number of benzene rings is 1. The Morgan fingerprint density at radius 1 is 1.35 bits per heavy atom. The lowest BCUT2D eigenvalue weighted by atomic mass is 10.2. The van der Waals surface area contributed by atoms with Gasteiger partial charge in [-0.25, -0.2) is 14.4 Å². The first kappa shape index (κ1) is 20.6. The maximum Gasteiger partial charge on any atom is 0.245 e. The molecular formula is C20H23FN7O3+. The number of fused-ring (bicyclic) bond motifs is 1. The van der Waals surface area contributed by atoms with E-state index in [4.69, 9.17) is 4.74 Å². The van der Waals surface area contributed by atoms with Crippen LogP contribution in [0.2, 0.25) is 0 Å². The Bertz CT molecular complexity index is 1160. The number of ether oxygens (including phenoxy) is 1. The number of hydrogen-bond acceptors (Lipinski definition) is 6. The summed E-state index contributed by atoms with van der Waals surface area (Å²) in [5.41, 5.74) is 4.24. The second-order valence-electron chi connectivity index (χ2n) is 7.41. The molecule has 0 bridgehead atoms. The summed E-state index contributed by atoms with van der Waals surface area (Å²) in [5, 5.41) is 0. The number of rotatable bonds is 6. The summed E-state index contributed by atoms with van der Waals surface area (Å²) in [4.78, 5) is 38.6. The van der Waals surface area contributed by atoms with Crippen molar-refractivity contribution in [2.45, 2.75) is 25.9 Å². The fourth-order valence-electron chi connectivity index (χ4n) is 3.72. The van der Waals surface area contributed by atoms with Crippen LogP contribution >= 0.6 is 0 Å². The van der Waals surface area contributed by atoms with Crippen molar-refractivity contribution >= 4 is 22.8 Å². The normalized spacial score (nSPS) is 16.0. The Labute approximate surface area is 177 Å². The molecule has 162 valence electrons. The predicted octanol–water partition coefficient (Wildman–Crippen LogP) is 2.29. The highest BCUT2D eigenvalue weighted by Gasteiger charge is 2.28. The first-order valence-corrected chi connectivity index (χ1v) is 9.96. The lowest BCUT2D eigenvalue weighted by molar-refractivity contribution is -0.486. The molecule has 1 aliphatic heterocycles. The van der Waals surface area contributed by atoms with Gasteiger partial charge in [0.1, 0.15) is 34.6 Å². The Hall–Kier alpha value is -3.63. The average Bonchev–Trinajstić information content (AvgIpc) is 3.32. The van der Waals surface area contributed by atoms with E-state index in [9.17, 15) is 14.1 Å². The smallest absolute Gasteiger partial charge is 0.245 e. The number of hydrogen-bond donors (Lipinski definition) is 1. The molecule has 1 aliphatic rings. The van der Waals surface area contributed by atoms with E-state index < -0.39 is 5.82 Å². The molecular weight excluding hydrogens is 405 g/mol. The SMILES string of the molecule is CCC(=O)N1CCC(Oc2ncnc3c2nc(-c2cc(F)cc(N[N+](C)=O)c2)n3C)C1. The van der Waals surface area contributed by atoms with Crippen LogP contribution in [0.3, 0.4) is 0 Å². The quantitative estimate of drug-likeness (QED) is 0.474. The monoisotopic (exact) mass is 428 g/mol. The molecule has 1 saturated heterocycles. The van der Waals surface area contributed by atoms with E-state index in [2.05, 4.69) is 20.4 Å². The molecule has 11 heteroatoms. The maximum atomic E-state index is 14.1. The van der Waals surface area contributed by atoms with Gasteiger partial charge in [0.25, 0.3) is 0 Å². The van der Waals surface area contributed by atoms with Gasteiger partial charge >= 0.3 is 0 Å². The van der Waals surface area contributed by atoms with Gasteiger partial charge in [0, 0.05) is 38.1 Å². The van der Waals surface area contributed by atoms with Crippen LogP contribution in [0.1, 0.15) is 19.8 Å². The van der Waals surface area contributed by atoms with Gasteiger partial charge in [-0.2, -0.15) is 4.98 Å². The molecule has 1 aromatic carbocycles. The number of imidazole rings is 1. The molecule has 0 radical (unpaired) electrons. The molecule has 0 aliphatic carbocycles. The predicted molar refractivity (Wildman–Crippen MR) is 111 cm³/mol. The maximum absolute atomic E-state index is 14.1. The zero-order valence-corrected chi connectivity index (χ0v) is 17.5. The van der Waals surface area contributed by atoms with Gasteiger partial charge in [-0.1, -0.05) is 6.92 Å². The number of amides is 1. The molecule has 10 nitrogen and oxygen atoms in total. The summed E-state index contributed by atoms with van der Waals surface area (Å²) in [6.07, 6.45) is 2.37. The molecule has 0 saturated carbocycles. The summed E-state index contributed by atoms with van der Waals surface area (Å²) in [6.45, 7) is 2.98. The van der Waals surface area contributed by atoms with Gasteiger partial charge < -0.3 is 14.2 Å². The average molecular weight is 428 g/mol. The second-order valence-corrected chi connectivity index (χ2v) is 7.41. The van der Waals surface area contributed by atoms with Crippen molar-refractivity contribution in [3.8, 4) is 17.3 Å². The fraction of sp³-hybridized carbons (Fsp3) is 0.400. The van der Waals surface area contributed by atoms with E-state index in [1.807, 2.05) is 6.92 Å². The molecule has 0 spiro atoms. The number of carbonyl (C=O) groups excluding carboxylic acids is 1. The highest BCUT2D eigenvalue weighted by molar-refractivity contribution is 5.81. The first-order chi connectivity index (χ1) is 14.9. The number of nitrogens with one attached hydrogen (secondary N) is 1. The third kappa shape index (κ3) is 4.16. The summed E-state index contributed by atoms with van der Waals surface area (Å²) < 4.78 is 21.9. The fourth-order valence-corrected chi connectivity index (χ4v) is 3.72. The van der Waals surface area contributed by atoms with Crippen molar-refractivity contribution in [2.24, 2.45) is 7.05 Å². The molecule has 1 atom stereocenters. The second kappa shape index (κ2) is 8.25. The number of carbonyl (C=O) groups is 1. The topological polar surface area (TPSA) is 105 Å². The zero-order valence-electron chi connectivity index (χ0n) is 17.5. The number of likely N-dealkylation sites (tertiary alicyclic amines) is 1. The van der Waals surface area contributed by atoms with E-state index in [0.29, 0.717) is 64.9 Å². The number of halogens is 1. The van der Waals surface area contributed by atoms with E-state index in [-0.39, 0.29) is 12.0 Å². The van der Waals surface area contributed by atoms with Gasteiger partial charge in [0.15, 0.2) is 11.2 Å². The lowest BCUT2D eigenvalue weighted by Gasteiger charge is -2.16. The van der Waals surface area contributed by atoms with Crippen molar-refractivity contribution in [1.82, 2.24) is 24.4 Å². The number of nitrogens with zero attached hydrogens (tertiary/aromatic N) is 6. The van der Waals surface area contributed by atoms with Gasteiger partial charge in [-0.3, -0.25) is 4.79 Å². The Morgan fingerprint density at radius 2 is 2.16 bits per heavy atom. The highest BCUT2D eigenvalue weighted by atomic mass is 19.1. The van der Waals surface area contributed by atoms with Crippen molar-refractivity contribution in [2.75, 3.05) is 25.6 Å². The number of aryl methyl sites for hydroxylation is 1. The van der Waals surface area contributed by atoms with Crippen molar-refractivity contribution in [1.29, 1.82) is 0 Å². The molecule has 4 rings (SSSR count). The molecule has 1 amide bonds. The number of nitroso groups, excluding NO2 is 1. The summed E-state index contributed by atoms with van der Waals surface area (Å²) in [5.74, 6) is 0.351. The molecule has 3 heterocycles. The van der Waals surface area contributed by atoms with Crippen molar-refractivity contribution < 1.29 is 18.8 Å². The molecule has 1 fully saturated rings. The highest BCUT2D eigenvalue weighted by Crippen LogP contribution is 2.30. The number of anilines is 1. The third-order valence-electron chi connectivity index (χ3n) is 5.14. The Kier molecular flexibility index (Phi) is 5.49. The lowest BCUT2D eigenvalue weighted by Crippen LogP contribution is -2.30. The minimum atomic E-state index is -0.511. The van der Waals surface area contributed by atoms with Crippen LogP contribution < -0.4 is 10.2 Å². The van der Waals surface area contributed by atoms with Crippen LogP contribution in [0.5, 0.6) is 5.88 Å². The standard InChI is InChI=1S/C20H23FN7O3/c1-4-16(29)28-6-5-15(10-28)31-20-17-19(22-11-23-20)26(2)18(24-17)12-7-13(21)9-14(8-12)25-27(3)30/h7-9,11,15H,4-6,10H2,1-3H3,(H,25,30)/q+1. The molecule has 2 aromatic heterocycles. The number of aromatic nitrogens is 4. The van der Waals surface area contributed by atoms with E-state index in [1.54, 1.807) is 22.6 Å². The van der Waals surface area contributed by atoms with Crippen molar-refractivity contribution in [3.05, 3.63) is 35.3 Å². The molecule has 3 aromatic rings. The Morgan fingerprint density at radius 3 is 2.90 bits per heavy atom. The zero-order chi connectivity index (χ0) is 22.1. The van der Waals surface area contributed by atoms with Crippen LogP contribution in [0.15, 0.2) is 24.5 Å². The van der Waals surface area contributed by atoms with E-state index in [0.717, 1.165) is 0 Å². The first-order valence-electron chi connectivity index (χ1n) is 9.96. The third-order valence-corrected chi connectivity index (χ3v) is 5.14. The summed E-state index contributed by atoms with van der Waals surface area (Å²) in [7, 11) is 3.04. The van der Waals surface area contributed by atoms with Gasteiger partial charge in [-0.05, 0) is 12.1 Å². The molecule has 1 N–H and O–H groups in total. The number of hydrazine groups is 1. The van der Waals surface area contributed by atoms with Crippen LogP contribution in [0.25, 0.3) is 22.6 Å². The Balaban J connectivity index is 1.67. The minimum absolute atomic E-state index is 0.0956. The van der Waals surface area contributed by atoms with Crippen LogP contribution in [-0.4, -0.2) is 61.4 Å². The van der Waals surface area contributed by atoms with Gasteiger partial charge in [0.2, 0.25) is 18.8 Å². The summed E-state index contributed by atoms with van der Waals surface area (Å²) >= 11 is 0. The largest absolute Gasteiger partial charge is 0.471 e. The van der Waals surface area contributed by atoms with Gasteiger partial charge in [-0.15, -0.1) is 5.43 Å². The van der Waals surface area contributed by atoms with Crippen LogP contribution in [0, 0.1) is 10.7 Å². The molecule has 1 unspecified atom stereocenters. The van der Waals surface area contributed by atoms with Gasteiger partial charge in [0.05, 0.1) is 11.5 Å². The molecule has 31 heavy (non-hydrogen) atoms. The van der Waals surface area contributed by atoms with Crippen molar-refractivity contribution in [3.63, 3.8) is 0 Å². The van der Waals surface area contributed by atoms with E-state index >= 15 is 0 Å². The summed E-state index contributed by atoms with van der Waals surface area (Å²) in [6, 6.07) is 4.17. The van der Waals surface area contributed by atoms with E-state index in [1.165, 1.54) is 25.5 Å². The minimum Gasteiger partial charge on any atom is -0.471 e.